The van der Waals surface area contributed by atoms with Crippen molar-refractivity contribution < 1.29 is 27.7 Å². The fourth-order valence-corrected chi connectivity index (χ4v) is 0. The molecule has 34 valence electrons. The first kappa shape index (κ1) is 15.7. The van der Waals surface area contributed by atoms with Crippen molar-refractivity contribution in [1.29, 1.82) is 0 Å². The van der Waals surface area contributed by atoms with Crippen molar-refractivity contribution in [2.24, 2.45) is 0 Å². The monoisotopic (exact) mass is 306 g/mol. The molecule has 0 aliphatic carbocycles. The van der Waals surface area contributed by atoms with E-state index in [1.165, 1.54) is 0 Å². The first-order valence-corrected chi connectivity index (χ1v) is 4.50. The van der Waals surface area contributed by atoms with Crippen molar-refractivity contribution >= 4 is 19.8 Å². The van der Waals surface area contributed by atoms with E-state index in [0.29, 0.717) is 0 Å². The van der Waals surface area contributed by atoms with Crippen LogP contribution in [0.3, 0.4) is 0 Å². The third-order valence-electron chi connectivity index (χ3n) is 0. The molecule has 0 saturated heterocycles. The maximum Gasteiger partial charge on any atom is 0.0379 e. The molecule has 0 N–H and O–H groups in total. The fraction of sp³-hybridized carbons (Fsp3) is 1.00. The van der Waals surface area contributed by atoms with E-state index in [1.54, 1.807) is 0 Å². The summed E-state index contributed by atoms with van der Waals surface area (Å²) >= 11 is 0. The SMILES string of the molecule is C[Si](C)C.[Hg].[SiH3]. The van der Waals surface area contributed by atoms with Crippen LogP contribution in [0.15, 0.2) is 0 Å². The molecule has 0 atom stereocenters. The maximum absolute atomic E-state index is 2.27. The topological polar surface area (TPSA) is 0 Å². The van der Waals surface area contributed by atoms with Crippen LogP contribution in [0.1, 0.15) is 0 Å². The summed E-state index contributed by atoms with van der Waals surface area (Å²) in [5.41, 5.74) is 0. The van der Waals surface area contributed by atoms with E-state index < -0.39 is 0 Å². The van der Waals surface area contributed by atoms with Gasteiger partial charge in [0.25, 0.3) is 0 Å². The largest absolute Gasteiger partial charge is 0.0715 e. The van der Waals surface area contributed by atoms with Gasteiger partial charge in [-0.2, -0.15) is 0 Å². The molecular formula is C3H12HgSi2. The molecule has 0 fully saturated rings. The van der Waals surface area contributed by atoms with Gasteiger partial charge in [-0.15, -0.1) is 0 Å². The van der Waals surface area contributed by atoms with Crippen molar-refractivity contribution in [1.82, 2.24) is 0 Å². The molecule has 0 aromatic heterocycles. The zero-order valence-electron chi connectivity index (χ0n) is 5.21. The first-order valence-electron chi connectivity index (χ1n) is 1.50. The molecule has 0 heterocycles. The minimum absolute atomic E-state index is 0. The van der Waals surface area contributed by atoms with Gasteiger partial charge in [0.2, 0.25) is 0 Å². The summed E-state index contributed by atoms with van der Waals surface area (Å²) in [5.74, 6) is 0. The summed E-state index contributed by atoms with van der Waals surface area (Å²) < 4.78 is 0. The Balaban J connectivity index is -0.0000000450. The van der Waals surface area contributed by atoms with Crippen LogP contribution in [-0.2, 0) is 27.7 Å². The van der Waals surface area contributed by atoms with Gasteiger partial charge in [0.05, 0.1) is 0 Å². The maximum atomic E-state index is 2.27. The van der Waals surface area contributed by atoms with E-state index >= 15 is 0 Å². The van der Waals surface area contributed by atoms with Crippen molar-refractivity contribution in [3.63, 3.8) is 0 Å². The Morgan fingerprint density at radius 2 is 1.00 bits per heavy atom. The molecule has 0 aliphatic heterocycles. The Kier molecular flexibility index (Phi) is 25.1. The zero-order chi connectivity index (χ0) is 3.58. The Hall–Kier alpha value is 1.37. The van der Waals surface area contributed by atoms with Gasteiger partial charge in [0.1, 0.15) is 0 Å². The van der Waals surface area contributed by atoms with Crippen LogP contribution in [0.25, 0.3) is 0 Å². The van der Waals surface area contributed by atoms with E-state index in [1.807, 2.05) is 0 Å². The molecule has 2 radical (unpaired) electrons. The quantitative estimate of drug-likeness (QED) is 0.560. The van der Waals surface area contributed by atoms with Gasteiger partial charge in [-0.1, -0.05) is 19.6 Å². The molecule has 0 spiro atoms. The zero-order valence-corrected chi connectivity index (χ0v) is 13.7. The van der Waals surface area contributed by atoms with E-state index in [-0.39, 0.29) is 47.4 Å². The molecule has 0 bridgehead atoms. The van der Waals surface area contributed by atoms with Crippen molar-refractivity contribution in [2.75, 3.05) is 0 Å². The van der Waals surface area contributed by atoms with Gasteiger partial charge in [-0.05, 0) is 11.0 Å². The van der Waals surface area contributed by atoms with Crippen LogP contribution in [0.5, 0.6) is 0 Å². The second kappa shape index (κ2) is 9.62. The normalized spacial score (nSPS) is 6.00. The van der Waals surface area contributed by atoms with E-state index in [2.05, 4.69) is 19.6 Å². The van der Waals surface area contributed by atoms with Crippen molar-refractivity contribution in [2.45, 2.75) is 19.6 Å². The van der Waals surface area contributed by atoms with Crippen molar-refractivity contribution in [3.05, 3.63) is 0 Å². The summed E-state index contributed by atoms with van der Waals surface area (Å²) in [7, 11) is 0.120. The predicted molar refractivity (Wildman–Crippen MR) is 33.3 cm³/mol. The number of rotatable bonds is 0. The summed E-state index contributed by atoms with van der Waals surface area (Å²) in [4.78, 5) is 0. The van der Waals surface area contributed by atoms with E-state index in [9.17, 15) is 0 Å². The molecular weight excluding hydrogens is 293 g/mol. The van der Waals surface area contributed by atoms with Crippen LogP contribution in [0, 0.1) is 0 Å². The second-order valence-corrected chi connectivity index (χ2v) is 4.50. The van der Waals surface area contributed by atoms with Crippen LogP contribution in [-0.4, -0.2) is 19.8 Å². The third-order valence-corrected chi connectivity index (χ3v) is 0. The summed E-state index contributed by atoms with van der Waals surface area (Å²) in [6.45, 7) is 6.81. The van der Waals surface area contributed by atoms with E-state index in [4.69, 9.17) is 0 Å². The Bertz CT molecular complexity index is 13.5. The predicted octanol–water partition coefficient (Wildman–Crippen LogP) is 0.184. The molecule has 0 saturated carbocycles. The second-order valence-electron chi connectivity index (χ2n) is 1.50. The van der Waals surface area contributed by atoms with Gasteiger partial charge in [0.15, 0.2) is 0 Å². The van der Waals surface area contributed by atoms with Gasteiger partial charge in [0, 0.05) is 36.5 Å². The van der Waals surface area contributed by atoms with Gasteiger partial charge >= 0.3 is 0 Å². The summed E-state index contributed by atoms with van der Waals surface area (Å²) in [6, 6.07) is 0. The van der Waals surface area contributed by atoms with Crippen LogP contribution in [0.4, 0.5) is 0 Å². The smallest absolute Gasteiger partial charge is 0.0379 e. The third kappa shape index (κ3) is 54.7. The summed E-state index contributed by atoms with van der Waals surface area (Å²) in [6.07, 6.45) is 0. The molecule has 6 heavy (non-hydrogen) atoms. The average Bonchev–Trinajstić information content (AvgIpc) is 0.811. The Morgan fingerprint density at radius 3 is 1.00 bits per heavy atom. The number of hydrogen-bond acceptors (Lipinski definition) is 0. The Morgan fingerprint density at radius 1 is 1.00 bits per heavy atom. The van der Waals surface area contributed by atoms with Crippen LogP contribution in [0.2, 0.25) is 19.6 Å². The number of hydrogen-bond donors (Lipinski definition) is 0. The summed E-state index contributed by atoms with van der Waals surface area (Å²) in [5, 5.41) is 0. The molecule has 0 rings (SSSR count). The minimum atomic E-state index is 0. The van der Waals surface area contributed by atoms with E-state index in [0.717, 1.165) is 0 Å². The standard InChI is InChI=1S/C3H9Si.Hg.H3Si/c1-4(2)3;;/h1-3H3;;1H3. The minimum Gasteiger partial charge on any atom is -0.0715 e. The van der Waals surface area contributed by atoms with Gasteiger partial charge in [-0.25, -0.2) is 0 Å². The van der Waals surface area contributed by atoms with Crippen LogP contribution >= 0.6 is 0 Å². The van der Waals surface area contributed by atoms with Crippen molar-refractivity contribution in [3.8, 4) is 0 Å². The molecule has 3 heteroatoms. The van der Waals surface area contributed by atoms with Crippen LogP contribution < -0.4 is 0 Å². The molecule has 0 nitrogen and oxygen atoms in total. The molecule has 0 aliphatic rings. The molecule has 0 aromatic rings. The fourth-order valence-electron chi connectivity index (χ4n) is 0. The molecule has 0 unspecified atom stereocenters. The van der Waals surface area contributed by atoms with Gasteiger partial charge in [-0.3, -0.25) is 0 Å². The average molecular weight is 305 g/mol. The van der Waals surface area contributed by atoms with Gasteiger partial charge < -0.3 is 0 Å². The first-order chi connectivity index (χ1) is 1.73. The molecule has 0 amide bonds. The molecule has 0 aromatic carbocycles. The Labute approximate surface area is 66.9 Å².